The van der Waals surface area contributed by atoms with Crippen LogP contribution in [0.3, 0.4) is 0 Å². The third kappa shape index (κ3) is 7.54. The highest BCUT2D eigenvalue weighted by molar-refractivity contribution is 5.95. The molecular formula is C33H45N3O7. The Bertz CT molecular complexity index is 1250. The summed E-state index contributed by atoms with van der Waals surface area (Å²) < 4.78 is 28.4. The Labute approximate surface area is 254 Å². The normalized spacial score (nSPS) is 21.0. The number of ether oxygens (including phenoxy) is 5. The average molecular weight is 596 g/mol. The number of rotatable bonds is 14. The van der Waals surface area contributed by atoms with Gasteiger partial charge in [-0.3, -0.25) is 9.59 Å². The van der Waals surface area contributed by atoms with E-state index < -0.39 is 6.10 Å². The first-order valence-electron chi connectivity index (χ1n) is 15.4. The summed E-state index contributed by atoms with van der Waals surface area (Å²) in [5, 5.41) is 3.52. The van der Waals surface area contributed by atoms with Crippen molar-refractivity contribution in [2.75, 3.05) is 60.2 Å². The smallest absolute Gasteiger partial charge is 0.267 e. The Balaban J connectivity index is 1.25. The molecule has 3 atom stereocenters. The minimum absolute atomic E-state index is 0.00375. The molecule has 1 N–H and O–H groups in total. The molecular weight excluding hydrogens is 550 g/mol. The summed E-state index contributed by atoms with van der Waals surface area (Å²) in [6.07, 6.45) is 2.09. The van der Waals surface area contributed by atoms with Gasteiger partial charge in [0.25, 0.3) is 11.8 Å². The Morgan fingerprint density at radius 3 is 2.42 bits per heavy atom. The molecule has 1 aliphatic carbocycles. The number of carbonyl (C=O) groups is 2. The van der Waals surface area contributed by atoms with Crippen molar-refractivity contribution in [2.45, 2.75) is 51.3 Å². The quantitative estimate of drug-likeness (QED) is 0.331. The van der Waals surface area contributed by atoms with Gasteiger partial charge in [-0.15, -0.1) is 0 Å². The molecule has 0 radical (unpaired) electrons. The third-order valence-corrected chi connectivity index (χ3v) is 8.44. The van der Waals surface area contributed by atoms with Crippen LogP contribution in [0, 0.1) is 11.8 Å². The average Bonchev–Trinajstić information content (AvgIpc) is 3.78. The Hall–Kier alpha value is -3.50. The summed E-state index contributed by atoms with van der Waals surface area (Å²) in [5.41, 5.74) is 0.559. The number of benzene rings is 2. The van der Waals surface area contributed by atoms with E-state index >= 15 is 0 Å². The number of hydrogen-bond donors (Lipinski definition) is 1. The zero-order valence-corrected chi connectivity index (χ0v) is 25.8. The fraction of sp³-hybridized carbons (Fsp3) is 0.576. The minimum Gasteiger partial charge on any atom is -0.493 e. The fourth-order valence-corrected chi connectivity index (χ4v) is 5.85. The maximum Gasteiger partial charge on any atom is 0.267 e. The van der Waals surface area contributed by atoms with E-state index in [9.17, 15) is 9.59 Å². The van der Waals surface area contributed by atoms with Crippen molar-refractivity contribution in [1.82, 2.24) is 15.1 Å². The Morgan fingerprint density at radius 2 is 1.72 bits per heavy atom. The van der Waals surface area contributed by atoms with Crippen LogP contribution in [0.4, 0.5) is 0 Å². The number of carbonyl (C=O) groups excluding carboxylic acids is 2. The van der Waals surface area contributed by atoms with Gasteiger partial charge in [0, 0.05) is 64.0 Å². The molecule has 2 aromatic carbocycles. The lowest BCUT2D eigenvalue weighted by molar-refractivity contribution is -0.142. The Kier molecular flexibility index (Phi) is 10.3. The van der Waals surface area contributed by atoms with Crippen LogP contribution in [0.5, 0.6) is 23.0 Å². The predicted octanol–water partition coefficient (Wildman–Crippen LogP) is 3.63. The maximum atomic E-state index is 13.9. The van der Waals surface area contributed by atoms with Crippen molar-refractivity contribution in [3.05, 3.63) is 48.0 Å². The number of amides is 2. The van der Waals surface area contributed by atoms with Gasteiger partial charge in [0.2, 0.25) is 6.10 Å². The van der Waals surface area contributed by atoms with Gasteiger partial charge in [-0.2, -0.15) is 0 Å². The molecule has 2 fully saturated rings. The fourth-order valence-electron chi connectivity index (χ4n) is 5.85. The van der Waals surface area contributed by atoms with E-state index in [2.05, 4.69) is 5.32 Å². The van der Waals surface area contributed by atoms with Gasteiger partial charge in [0.1, 0.15) is 6.61 Å². The monoisotopic (exact) mass is 595 g/mol. The van der Waals surface area contributed by atoms with Crippen molar-refractivity contribution in [3.63, 3.8) is 0 Å². The second kappa shape index (κ2) is 14.3. The summed E-state index contributed by atoms with van der Waals surface area (Å²) in [7, 11) is 3.25. The molecule has 10 heteroatoms. The lowest BCUT2D eigenvalue weighted by Gasteiger charge is -2.35. The minimum atomic E-state index is -0.655. The molecule has 2 aromatic rings. The SMILES string of the molecule is COCCCOc1cc(C(=O)N(C[C@@H]2CNCC2CN(C(=O)C2COc3ccccc3O2)C2CC2)C(C)C)ccc1OC. The second-order valence-corrected chi connectivity index (χ2v) is 11.9. The van der Waals surface area contributed by atoms with Crippen LogP contribution in [-0.2, 0) is 9.53 Å². The summed E-state index contributed by atoms with van der Waals surface area (Å²) >= 11 is 0. The molecule has 0 spiro atoms. The van der Waals surface area contributed by atoms with E-state index in [-0.39, 0.29) is 42.3 Å². The van der Waals surface area contributed by atoms with Crippen LogP contribution >= 0.6 is 0 Å². The first-order chi connectivity index (χ1) is 20.9. The van der Waals surface area contributed by atoms with Gasteiger partial charge in [-0.1, -0.05) is 12.1 Å². The van der Waals surface area contributed by atoms with Crippen LogP contribution in [0.2, 0.25) is 0 Å². The number of nitrogens with zero attached hydrogens (tertiary/aromatic N) is 2. The molecule has 10 nitrogen and oxygen atoms in total. The molecule has 1 saturated heterocycles. The van der Waals surface area contributed by atoms with Gasteiger partial charge in [0.05, 0.1) is 13.7 Å². The van der Waals surface area contributed by atoms with Gasteiger partial charge >= 0.3 is 0 Å². The number of hydrogen-bond acceptors (Lipinski definition) is 8. The highest BCUT2D eigenvalue weighted by Crippen LogP contribution is 2.35. The van der Waals surface area contributed by atoms with Crippen LogP contribution in [0.25, 0.3) is 0 Å². The number of methoxy groups -OCH3 is 2. The first kappa shape index (κ1) is 30.9. The van der Waals surface area contributed by atoms with E-state index in [0.717, 1.165) is 32.4 Å². The molecule has 43 heavy (non-hydrogen) atoms. The van der Waals surface area contributed by atoms with Gasteiger partial charge in [-0.25, -0.2) is 0 Å². The predicted molar refractivity (Wildman–Crippen MR) is 162 cm³/mol. The molecule has 234 valence electrons. The van der Waals surface area contributed by atoms with Crippen LogP contribution < -0.4 is 24.3 Å². The summed E-state index contributed by atoms with van der Waals surface area (Å²) in [6, 6.07) is 13.0. The molecule has 2 unspecified atom stereocenters. The van der Waals surface area contributed by atoms with Crippen molar-refractivity contribution in [3.8, 4) is 23.0 Å². The van der Waals surface area contributed by atoms with E-state index in [0.29, 0.717) is 54.9 Å². The lowest BCUT2D eigenvalue weighted by atomic mass is 9.93. The van der Waals surface area contributed by atoms with E-state index in [4.69, 9.17) is 23.7 Å². The van der Waals surface area contributed by atoms with Crippen molar-refractivity contribution < 1.29 is 33.3 Å². The van der Waals surface area contributed by atoms with E-state index in [1.807, 2.05) is 47.9 Å². The van der Waals surface area contributed by atoms with Crippen LogP contribution in [0.15, 0.2) is 42.5 Å². The maximum absolute atomic E-state index is 13.9. The first-order valence-corrected chi connectivity index (χ1v) is 15.4. The lowest BCUT2D eigenvalue weighted by Crippen LogP contribution is -2.50. The molecule has 2 aliphatic heterocycles. The zero-order chi connectivity index (χ0) is 30.3. The molecule has 2 amide bonds. The van der Waals surface area contributed by atoms with E-state index in [1.54, 1.807) is 32.4 Å². The molecule has 0 bridgehead atoms. The molecule has 1 saturated carbocycles. The van der Waals surface area contributed by atoms with Gasteiger partial charge < -0.3 is 38.8 Å². The number of para-hydroxylation sites is 2. The zero-order valence-electron chi connectivity index (χ0n) is 25.8. The molecule has 3 aliphatic rings. The van der Waals surface area contributed by atoms with Crippen molar-refractivity contribution >= 4 is 11.8 Å². The molecule has 5 rings (SSSR count). The van der Waals surface area contributed by atoms with Crippen LogP contribution in [0.1, 0.15) is 43.5 Å². The summed E-state index contributed by atoms with van der Waals surface area (Å²) in [4.78, 5) is 31.5. The summed E-state index contributed by atoms with van der Waals surface area (Å²) in [6.45, 7) is 8.16. The highest BCUT2D eigenvalue weighted by atomic mass is 16.6. The standard InChI is InChI=1S/C33H45N3O7/c1-22(2)35(32(37)23-10-13-27(40-4)30(16-23)41-15-7-14-39-3)19-24-17-34-18-25(24)20-36(26-11-12-26)33(38)31-21-42-28-8-5-6-9-29(28)43-31/h5-6,8-10,13,16,22,24-26,31,34H,7,11-12,14-15,17-21H2,1-4H3/t24-,25?,31?/m0/s1. The summed E-state index contributed by atoms with van der Waals surface area (Å²) in [5.74, 6) is 2.76. The third-order valence-electron chi connectivity index (χ3n) is 8.44. The topological polar surface area (TPSA) is 98.8 Å². The number of fused-ring (bicyclic) bond motifs is 1. The Morgan fingerprint density at radius 1 is 0.977 bits per heavy atom. The van der Waals surface area contributed by atoms with Crippen molar-refractivity contribution in [1.29, 1.82) is 0 Å². The molecule has 0 aromatic heterocycles. The number of nitrogens with one attached hydrogen (secondary N) is 1. The van der Waals surface area contributed by atoms with Crippen LogP contribution in [-0.4, -0.2) is 100 Å². The second-order valence-electron chi connectivity index (χ2n) is 11.9. The highest BCUT2D eigenvalue weighted by Gasteiger charge is 2.42. The van der Waals surface area contributed by atoms with Crippen molar-refractivity contribution in [2.24, 2.45) is 11.8 Å². The van der Waals surface area contributed by atoms with Gasteiger partial charge in [0.15, 0.2) is 23.0 Å². The molecule has 2 heterocycles. The largest absolute Gasteiger partial charge is 0.493 e. The van der Waals surface area contributed by atoms with Gasteiger partial charge in [-0.05, 0) is 68.9 Å². The van der Waals surface area contributed by atoms with E-state index in [1.165, 1.54) is 0 Å².